The summed E-state index contributed by atoms with van der Waals surface area (Å²) in [5, 5.41) is 0. The SMILES string of the molecule is CC1CC(CN)CN1CC(=O)N(C(C)C)C1CCCCC1. The zero-order valence-electron chi connectivity index (χ0n) is 14.1. The zero-order chi connectivity index (χ0) is 15.4. The lowest BCUT2D eigenvalue weighted by Gasteiger charge is -2.38. The van der Waals surface area contributed by atoms with E-state index in [1.54, 1.807) is 0 Å². The molecule has 4 nitrogen and oxygen atoms in total. The van der Waals surface area contributed by atoms with E-state index in [9.17, 15) is 4.79 Å². The third-order valence-electron chi connectivity index (χ3n) is 5.27. The summed E-state index contributed by atoms with van der Waals surface area (Å²) in [7, 11) is 0. The molecule has 2 rings (SSSR count). The minimum Gasteiger partial charge on any atom is -0.336 e. The average Bonchev–Trinajstić information content (AvgIpc) is 2.80. The van der Waals surface area contributed by atoms with Crippen molar-refractivity contribution in [3.05, 3.63) is 0 Å². The predicted molar refractivity (Wildman–Crippen MR) is 87.1 cm³/mol. The summed E-state index contributed by atoms with van der Waals surface area (Å²) in [4.78, 5) is 17.3. The van der Waals surface area contributed by atoms with E-state index in [0.29, 0.717) is 36.5 Å². The molecule has 2 N–H and O–H groups in total. The highest BCUT2D eigenvalue weighted by atomic mass is 16.2. The Morgan fingerprint density at radius 2 is 1.95 bits per heavy atom. The van der Waals surface area contributed by atoms with Crippen LogP contribution in [0, 0.1) is 5.92 Å². The topological polar surface area (TPSA) is 49.6 Å². The summed E-state index contributed by atoms with van der Waals surface area (Å²) in [6, 6.07) is 1.26. The Morgan fingerprint density at radius 1 is 1.29 bits per heavy atom. The normalized spacial score (nSPS) is 28.2. The molecule has 0 aromatic rings. The fourth-order valence-corrected chi connectivity index (χ4v) is 4.14. The van der Waals surface area contributed by atoms with Crippen molar-refractivity contribution in [2.24, 2.45) is 11.7 Å². The van der Waals surface area contributed by atoms with E-state index >= 15 is 0 Å². The van der Waals surface area contributed by atoms with E-state index in [1.165, 1.54) is 32.1 Å². The number of rotatable bonds is 5. The molecular weight excluding hydrogens is 262 g/mol. The Labute approximate surface area is 130 Å². The van der Waals surface area contributed by atoms with Crippen molar-refractivity contribution >= 4 is 5.91 Å². The molecule has 2 atom stereocenters. The van der Waals surface area contributed by atoms with Gasteiger partial charge in [-0.15, -0.1) is 0 Å². The molecule has 1 aliphatic heterocycles. The molecule has 0 radical (unpaired) electrons. The molecule has 1 amide bonds. The van der Waals surface area contributed by atoms with Crippen LogP contribution in [0.1, 0.15) is 59.3 Å². The smallest absolute Gasteiger partial charge is 0.237 e. The fourth-order valence-electron chi connectivity index (χ4n) is 4.14. The maximum absolute atomic E-state index is 12.8. The first-order valence-electron chi connectivity index (χ1n) is 8.78. The molecule has 2 fully saturated rings. The highest BCUT2D eigenvalue weighted by Crippen LogP contribution is 2.26. The van der Waals surface area contributed by atoms with Gasteiger partial charge < -0.3 is 10.6 Å². The number of nitrogens with zero attached hydrogens (tertiary/aromatic N) is 2. The van der Waals surface area contributed by atoms with Gasteiger partial charge in [0.15, 0.2) is 0 Å². The largest absolute Gasteiger partial charge is 0.336 e. The molecule has 21 heavy (non-hydrogen) atoms. The summed E-state index contributed by atoms with van der Waals surface area (Å²) >= 11 is 0. The number of hydrogen-bond acceptors (Lipinski definition) is 3. The van der Waals surface area contributed by atoms with Gasteiger partial charge in [0.1, 0.15) is 0 Å². The van der Waals surface area contributed by atoms with E-state index in [2.05, 4.69) is 30.6 Å². The predicted octanol–water partition coefficient (Wildman–Crippen LogP) is 2.23. The second-order valence-corrected chi connectivity index (χ2v) is 7.30. The van der Waals surface area contributed by atoms with Crippen molar-refractivity contribution in [1.29, 1.82) is 0 Å². The number of carbonyl (C=O) groups excluding carboxylic acids is 1. The van der Waals surface area contributed by atoms with Gasteiger partial charge in [-0.05, 0) is 52.5 Å². The maximum atomic E-state index is 12.8. The van der Waals surface area contributed by atoms with Crippen LogP contribution in [-0.2, 0) is 4.79 Å². The molecule has 1 saturated heterocycles. The molecule has 2 unspecified atom stereocenters. The summed E-state index contributed by atoms with van der Waals surface area (Å²) in [6.07, 6.45) is 7.38. The van der Waals surface area contributed by atoms with E-state index < -0.39 is 0 Å². The van der Waals surface area contributed by atoms with Crippen LogP contribution in [0.2, 0.25) is 0 Å². The van der Waals surface area contributed by atoms with Gasteiger partial charge in [-0.25, -0.2) is 0 Å². The lowest BCUT2D eigenvalue weighted by atomic mass is 9.93. The molecule has 1 saturated carbocycles. The zero-order valence-corrected chi connectivity index (χ0v) is 14.1. The lowest BCUT2D eigenvalue weighted by molar-refractivity contribution is -0.137. The molecular formula is C17H33N3O. The number of nitrogens with two attached hydrogens (primary N) is 1. The number of amides is 1. The van der Waals surface area contributed by atoms with Gasteiger partial charge in [0.05, 0.1) is 6.54 Å². The van der Waals surface area contributed by atoms with Crippen LogP contribution in [0.4, 0.5) is 0 Å². The summed E-state index contributed by atoms with van der Waals surface area (Å²) in [5.41, 5.74) is 5.79. The fraction of sp³-hybridized carbons (Fsp3) is 0.941. The third kappa shape index (κ3) is 4.19. The molecule has 0 spiro atoms. The van der Waals surface area contributed by atoms with Gasteiger partial charge >= 0.3 is 0 Å². The van der Waals surface area contributed by atoms with Crippen LogP contribution in [0.5, 0.6) is 0 Å². The number of carbonyl (C=O) groups is 1. The number of likely N-dealkylation sites (tertiary alicyclic amines) is 1. The standard InChI is InChI=1S/C17H33N3O/c1-13(2)20(16-7-5-4-6-8-16)17(21)12-19-11-15(10-18)9-14(19)3/h13-16H,4-12,18H2,1-3H3. The average molecular weight is 295 g/mol. The Bertz CT molecular complexity index is 339. The maximum Gasteiger partial charge on any atom is 0.237 e. The van der Waals surface area contributed by atoms with Crippen molar-refractivity contribution in [2.45, 2.75) is 77.4 Å². The van der Waals surface area contributed by atoms with Gasteiger partial charge in [0, 0.05) is 24.7 Å². The summed E-state index contributed by atoms with van der Waals surface area (Å²) < 4.78 is 0. The quantitative estimate of drug-likeness (QED) is 0.846. The van der Waals surface area contributed by atoms with Gasteiger partial charge in [0.25, 0.3) is 0 Å². The molecule has 1 aliphatic carbocycles. The minimum absolute atomic E-state index is 0.309. The summed E-state index contributed by atoms with van der Waals surface area (Å²) in [5.74, 6) is 0.886. The van der Waals surface area contributed by atoms with Gasteiger partial charge in [-0.3, -0.25) is 9.69 Å². The van der Waals surface area contributed by atoms with Crippen LogP contribution in [0.15, 0.2) is 0 Å². The third-order valence-corrected chi connectivity index (χ3v) is 5.27. The Hall–Kier alpha value is -0.610. The molecule has 0 aromatic heterocycles. The van der Waals surface area contributed by atoms with Crippen LogP contribution in [-0.4, -0.2) is 53.5 Å². The van der Waals surface area contributed by atoms with Crippen molar-refractivity contribution in [3.8, 4) is 0 Å². The van der Waals surface area contributed by atoms with Crippen molar-refractivity contribution < 1.29 is 4.79 Å². The van der Waals surface area contributed by atoms with Gasteiger partial charge in [-0.2, -0.15) is 0 Å². The van der Waals surface area contributed by atoms with Gasteiger partial charge in [0.2, 0.25) is 5.91 Å². The van der Waals surface area contributed by atoms with Crippen LogP contribution >= 0.6 is 0 Å². The first-order valence-corrected chi connectivity index (χ1v) is 8.78. The molecule has 2 aliphatic rings. The molecule has 0 aromatic carbocycles. The van der Waals surface area contributed by atoms with Crippen LogP contribution in [0.25, 0.3) is 0 Å². The van der Waals surface area contributed by atoms with Crippen molar-refractivity contribution in [1.82, 2.24) is 9.80 Å². The highest BCUT2D eigenvalue weighted by Gasteiger charge is 2.33. The van der Waals surface area contributed by atoms with E-state index in [0.717, 1.165) is 19.5 Å². The monoisotopic (exact) mass is 295 g/mol. The first kappa shape index (κ1) is 16.8. The summed E-state index contributed by atoms with van der Waals surface area (Å²) in [6.45, 7) is 8.84. The first-order chi connectivity index (χ1) is 10.0. The van der Waals surface area contributed by atoms with Crippen molar-refractivity contribution in [2.75, 3.05) is 19.6 Å². The number of hydrogen-bond donors (Lipinski definition) is 1. The van der Waals surface area contributed by atoms with Crippen LogP contribution in [0.3, 0.4) is 0 Å². The second-order valence-electron chi connectivity index (χ2n) is 7.30. The van der Waals surface area contributed by atoms with E-state index in [1.807, 2.05) is 0 Å². The Balaban J connectivity index is 1.95. The molecule has 0 bridgehead atoms. The van der Waals surface area contributed by atoms with Crippen molar-refractivity contribution in [3.63, 3.8) is 0 Å². The van der Waals surface area contributed by atoms with Crippen LogP contribution < -0.4 is 5.73 Å². The second kappa shape index (κ2) is 7.59. The Kier molecular flexibility index (Phi) is 6.06. The molecule has 4 heteroatoms. The highest BCUT2D eigenvalue weighted by molar-refractivity contribution is 5.79. The minimum atomic E-state index is 0.309. The molecule has 1 heterocycles. The Morgan fingerprint density at radius 3 is 2.48 bits per heavy atom. The van der Waals surface area contributed by atoms with Gasteiger partial charge in [-0.1, -0.05) is 19.3 Å². The lowest BCUT2D eigenvalue weighted by Crippen LogP contribution is -2.50. The molecule has 122 valence electrons. The van der Waals surface area contributed by atoms with E-state index in [4.69, 9.17) is 5.73 Å². The van der Waals surface area contributed by atoms with E-state index in [-0.39, 0.29) is 0 Å².